The van der Waals surface area contributed by atoms with Gasteiger partial charge < -0.3 is 0 Å². The Bertz CT molecular complexity index is 287. The molecule has 0 saturated carbocycles. The molecule has 1 rings (SSSR count). The molecule has 1 aliphatic rings. The Morgan fingerprint density at radius 3 is 2.47 bits per heavy atom. The lowest BCUT2D eigenvalue weighted by Crippen LogP contribution is -2.25. The number of hydrogen-bond donors (Lipinski definition) is 0. The van der Waals surface area contributed by atoms with Crippen LogP contribution in [0.3, 0.4) is 0 Å². The molecule has 0 radical (unpaired) electrons. The summed E-state index contributed by atoms with van der Waals surface area (Å²) < 4.78 is 30.1. The minimum Gasteiger partial charge on any atom is -0.261 e. The Balaban J connectivity index is 2.16. The standard InChI is InChI=1S/C11H23NO3S2/c1-2-3-4-8-11-15-17(13,14)16-12-9-6-5-7-10-12/h2-11H2,1H3. The van der Waals surface area contributed by atoms with Gasteiger partial charge in [0.25, 0.3) is 0 Å². The van der Waals surface area contributed by atoms with Gasteiger partial charge in [-0.15, -0.1) is 0 Å². The molecule has 0 aromatic carbocycles. The first kappa shape index (κ1) is 15.3. The third-order valence-electron chi connectivity index (χ3n) is 2.74. The van der Waals surface area contributed by atoms with Gasteiger partial charge in [-0.05, 0) is 19.3 Å². The summed E-state index contributed by atoms with van der Waals surface area (Å²) in [5.74, 6) is 0. The van der Waals surface area contributed by atoms with E-state index in [0.717, 1.165) is 62.6 Å². The summed E-state index contributed by atoms with van der Waals surface area (Å²) in [6.45, 7) is 4.15. The van der Waals surface area contributed by atoms with E-state index in [9.17, 15) is 8.42 Å². The summed E-state index contributed by atoms with van der Waals surface area (Å²) in [5.41, 5.74) is 0. The molecule has 0 aromatic heterocycles. The van der Waals surface area contributed by atoms with Crippen LogP contribution in [0.5, 0.6) is 0 Å². The third kappa shape index (κ3) is 7.28. The Morgan fingerprint density at radius 2 is 1.82 bits per heavy atom. The van der Waals surface area contributed by atoms with Gasteiger partial charge in [0.15, 0.2) is 0 Å². The minimum absolute atomic E-state index is 0.323. The summed E-state index contributed by atoms with van der Waals surface area (Å²) >= 11 is 0. The van der Waals surface area contributed by atoms with Gasteiger partial charge in [-0.3, -0.25) is 4.18 Å². The van der Waals surface area contributed by atoms with E-state index in [4.69, 9.17) is 4.18 Å². The second kappa shape index (κ2) is 8.34. The van der Waals surface area contributed by atoms with E-state index in [1.165, 1.54) is 6.42 Å². The zero-order valence-electron chi connectivity index (χ0n) is 10.6. The first-order valence-electron chi connectivity index (χ1n) is 6.48. The summed E-state index contributed by atoms with van der Waals surface area (Å²) in [5, 5.41) is 0. The van der Waals surface area contributed by atoms with Gasteiger partial charge in [0.05, 0.1) is 17.6 Å². The van der Waals surface area contributed by atoms with Crippen LogP contribution in [0.15, 0.2) is 0 Å². The van der Waals surface area contributed by atoms with Gasteiger partial charge in [-0.2, -0.15) is 8.42 Å². The lowest BCUT2D eigenvalue weighted by atomic mass is 10.2. The molecule has 1 saturated heterocycles. The second-order valence-corrected chi connectivity index (χ2v) is 7.74. The van der Waals surface area contributed by atoms with Crippen LogP contribution in [0.25, 0.3) is 0 Å². The molecule has 1 heterocycles. The highest BCUT2D eigenvalue weighted by Crippen LogP contribution is 2.24. The highest BCUT2D eigenvalue weighted by molar-refractivity contribution is 8.69. The maximum Gasteiger partial charge on any atom is 0.336 e. The molecular formula is C11H23NO3S2. The number of hydrogen-bond acceptors (Lipinski definition) is 5. The quantitative estimate of drug-likeness (QED) is 0.389. The van der Waals surface area contributed by atoms with Crippen LogP contribution in [0, 0.1) is 0 Å². The molecule has 0 aromatic rings. The largest absolute Gasteiger partial charge is 0.336 e. The Morgan fingerprint density at radius 1 is 1.12 bits per heavy atom. The summed E-state index contributed by atoms with van der Waals surface area (Å²) in [4.78, 5) is 0. The van der Waals surface area contributed by atoms with Gasteiger partial charge in [0, 0.05) is 13.1 Å². The second-order valence-electron chi connectivity index (χ2n) is 4.36. The number of nitrogens with zero attached hydrogens (tertiary/aromatic N) is 1. The maximum absolute atomic E-state index is 11.6. The van der Waals surface area contributed by atoms with E-state index in [-0.39, 0.29) is 0 Å². The zero-order chi connectivity index (χ0) is 12.6. The Hall–Kier alpha value is 0.220. The van der Waals surface area contributed by atoms with Crippen LogP contribution in [-0.2, 0) is 13.3 Å². The van der Waals surface area contributed by atoms with Gasteiger partial charge in [0.1, 0.15) is 0 Å². The van der Waals surface area contributed by atoms with E-state index in [1.807, 2.05) is 4.31 Å². The van der Waals surface area contributed by atoms with Crippen molar-refractivity contribution in [1.29, 1.82) is 0 Å². The Kier molecular flexibility index (Phi) is 7.50. The predicted molar refractivity (Wildman–Crippen MR) is 72.0 cm³/mol. The summed E-state index contributed by atoms with van der Waals surface area (Å²) in [6.07, 6.45) is 7.53. The van der Waals surface area contributed by atoms with Gasteiger partial charge in [0.2, 0.25) is 0 Å². The molecule has 17 heavy (non-hydrogen) atoms. The van der Waals surface area contributed by atoms with Crippen LogP contribution < -0.4 is 0 Å². The van der Waals surface area contributed by atoms with Crippen LogP contribution in [0.2, 0.25) is 0 Å². The SMILES string of the molecule is CCCCCCOS(=O)(=O)SN1CCCCC1. The van der Waals surface area contributed by atoms with Crippen molar-refractivity contribution in [1.82, 2.24) is 4.31 Å². The lowest BCUT2D eigenvalue weighted by Gasteiger charge is -2.23. The lowest BCUT2D eigenvalue weighted by molar-refractivity contribution is 0.314. The van der Waals surface area contributed by atoms with E-state index >= 15 is 0 Å². The molecule has 0 bridgehead atoms. The molecule has 1 fully saturated rings. The predicted octanol–water partition coefficient (Wildman–Crippen LogP) is 2.96. The normalized spacial score (nSPS) is 18.4. The summed E-state index contributed by atoms with van der Waals surface area (Å²) in [7, 11) is -2.56. The monoisotopic (exact) mass is 281 g/mol. The highest BCUT2D eigenvalue weighted by atomic mass is 33.2. The fourth-order valence-electron chi connectivity index (χ4n) is 1.78. The molecule has 0 spiro atoms. The number of unbranched alkanes of at least 4 members (excludes halogenated alkanes) is 3. The molecule has 1 aliphatic heterocycles. The molecule has 4 nitrogen and oxygen atoms in total. The van der Waals surface area contributed by atoms with Crippen LogP contribution in [0.4, 0.5) is 0 Å². The molecule has 0 atom stereocenters. The van der Waals surface area contributed by atoms with Crippen molar-refractivity contribution >= 4 is 20.1 Å². The minimum atomic E-state index is -3.43. The molecule has 102 valence electrons. The molecule has 0 N–H and O–H groups in total. The molecule has 0 amide bonds. The van der Waals surface area contributed by atoms with E-state index in [0.29, 0.717) is 6.61 Å². The number of piperidine rings is 1. The topological polar surface area (TPSA) is 46.6 Å². The highest BCUT2D eigenvalue weighted by Gasteiger charge is 2.20. The van der Waals surface area contributed by atoms with E-state index in [1.54, 1.807) is 0 Å². The maximum atomic E-state index is 11.6. The average molecular weight is 281 g/mol. The molecule has 0 unspecified atom stereocenters. The Labute approximate surface area is 109 Å². The smallest absolute Gasteiger partial charge is 0.261 e. The van der Waals surface area contributed by atoms with Crippen LogP contribution >= 0.6 is 11.0 Å². The third-order valence-corrected chi connectivity index (χ3v) is 5.42. The van der Waals surface area contributed by atoms with Crippen molar-refractivity contribution in [2.45, 2.75) is 51.9 Å². The zero-order valence-corrected chi connectivity index (χ0v) is 12.2. The molecular weight excluding hydrogens is 258 g/mol. The van der Waals surface area contributed by atoms with E-state index < -0.39 is 9.15 Å². The van der Waals surface area contributed by atoms with Crippen molar-refractivity contribution < 1.29 is 12.6 Å². The molecule has 6 heteroatoms. The van der Waals surface area contributed by atoms with Crippen LogP contribution in [-0.4, -0.2) is 32.4 Å². The van der Waals surface area contributed by atoms with Crippen molar-refractivity contribution in [2.24, 2.45) is 0 Å². The van der Waals surface area contributed by atoms with E-state index in [2.05, 4.69) is 6.92 Å². The number of rotatable bonds is 8. The average Bonchev–Trinajstić information content (AvgIpc) is 2.29. The summed E-state index contributed by atoms with van der Waals surface area (Å²) in [6, 6.07) is 0. The van der Waals surface area contributed by atoms with Gasteiger partial charge in [-0.1, -0.05) is 32.6 Å². The molecule has 0 aliphatic carbocycles. The first-order chi connectivity index (χ1) is 8.14. The fourth-order valence-corrected chi connectivity index (χ4v) is 4.37. The van der Waals surface area contributed by atoms with Gasteiger partial charge in [-0.25, -0.2) is 4.31 Å². The van der Waals surface area contributed by atoms with Gasteiger partial charge >= 0.3 is 9.15 Å². The van der Waals surface area contributed by atoms with Crippen molar-refractivity contribution in [2.75, 3.05) is 19.7 Å². The first-order valence-corrected chi connectivity index (χ1v) is 9.18. The van der Waals surface area contributed by atoms with Crippen molar-refractivity contribution in [3.8, 4) is 0 Å². The van der Waals surface area contributed by atoms with Crippen molar-refractivity contribution in [3.63, 3.8) is 0 Å². The fraction of sp³-hybridized carbons (Fsp3) is 1.00. The van der Waals surface area contributed by atoms with Crippen LogP contribution in [0.1, 0.15) is 51.9 Å². The van der Waals surface area contributed by atoms with Crippen molar-refractivity contribution in [3.05, 3.63) is 0 Å².